The molecule has 0 aliphatic heterocycles. The number of benzene rings is 1. The summed E-state index contributed by atoms with van der Waals surface area (Å²) in [6, 6.07) is 10.3. The molecule has 1 rings (SSSR count). The second-order valence-electron chi connectivity index (χ2n) is 4.90. The van der Waals surface area contributed by atoms with Gasteiger partial charge in [0.25, 0.3) is 0 Å². The fourth-order valence-corrected chi connectivity index (χ4v) is 1.92. The van der Waals surface area contributed by atoms with Gasteiger partial charge in [-0.1, -0.05) is 69.7 Å². The predicted octanol–water partition coefficient (Wildman–Crippen LogP) is 4.13. The first-order valence-electron chi connectivity index (χ1n) is 6.54. The van der Waals surface area contributed by atoms with Crippen LogP contribution in [-0.2, 0) is 0 Å². The molecule has 94 valence electrons. The van der Waals surface area contributed by atoms with E-state index in [4.69, 9.17) is 0 Å². The van der Waals surface area contributed by atoms with Crippen molar-refractivity contribution in [3.63, 3.8) is 0 Å². The monoisotopic (exact) mass is 232 g/mol. The van der Waals surface area contributed by atoms with E-state index in [0.29, 0.717) is 11.8 Å². The Morgan fingerprint density at radius 1 is 1.12 bits per heavy atom. The molecule has 1 N–H and O–H groups in total. The molecule has 0 saturated carbocycles. The Morgan fingerprint density at radius 3 is 2.35 bits per heavy atom. The van der Waals surface area contributed by atoms with Crippen molar-refractivity contribution in [2.24, 2.45) is 11.8 Å². The van der Waals surface area contributed by atoms with Crippen LogP contribution in [0.5, 0.6) is 0 Å². The van der Waals surface area contributed by atoms with E-state index in [0.717, 1.165) is 12.8 Å². The smallest absolute Gasteiger partial charge is 0.0594 e. The summed E-state index contributed by atoms with van der Waals surface area (Å²) in [7, 11) is 0. The Balaban J connectivity index is 2.43. The lowest BCUT2D eigenvalue weighted by Gasteiger charge is -2.22. The molecule has 1 heteroatoms. The topological polar surface area (TPSA) is 20.2 Å². The molecule has 0 bridgehead atoms. The Morgan fingerprint density at radius 2 is 1.76 bits per heavy atom. The lowest BCUT2D eigenvalue weighted by molar-refractivity contribution is 0.0644. The standard InChI is InChI=1S/C16H24O/c1-4-13(2)16(17)14(3)9-8-12-15-10-6-5-7-11-15/h5-8,10-14,16-17H,4,9H2,1-3H3/b12-8+. The normalized spacial score (nSPS) is 16.9. The van der Waals surface area contributed by atoms with Crippen molar-refractivity contribution in [2.45, 2.75) is 39.7 Å². The molecule has 0 aliphatic rings. The minimum absolute atomic E-state index is 0.194. The number of aliphatic hydroxyl groups is 1. The number of hydrogen-bond donors (Lipinski definition) is 1. The van der Waals surface area contributed by atoms with Gasteiger partial charge in [0.05, 0.1) is 6.10 Å². The highest BCUT2D eigenvalue weighted by Gasteiger charge is 2.18. The van der Waals surface area contributed by atoms with Crippen LogP contribution in [0.15, 0.2) is 36.4 Å². The molecule has 0 aliphatic carbocycles. The highest BCUT2D eigenvalue weighted by molar-refractivity contribution is 5.48. The van der Waals surface area contributed by atoms with Crippen LogP contribution in [0.4, 0.5) is 0 Å². The van der Waals surface area contributed by atoms with Crippen LogP contribution < -0.4 is 0 Å². The van der Waals surface area contributed by atoms with Crippen molar-refractivity contribution in [1.82, 2.24) is 0 Å². The van der Waals surface area contributed by atoms with Crippen molar-refractivity contribution in [1.29, 1.82) is 0 Å². The average Bonchev–Trinajstić information content (AvgIpc) is 2.38. The molecule has 0 radical (unpaired) electrons. The molecule has 1 aromatic carbocycles. The van der Waals surface area contributed by atoms with E-state index in [1.807, 2.05) is 18.2 Å². The molecule has 3 unspecified atom stereocenters. The van der Waals surface area contributed by atoms with E-state index in [1.54, 1.807) is 0 Å². The van der Waals surface area contributed by atoms with E-state index >= 15 is 0 Å². The maximum Gasteiger partial charge on any atom is 0.0594 e. The number of hydrogen-bond acceptors (Lipinski definition) is 1. The Bertz CT molecular complexity index is 329. The van der Waals surface area contributed by atoms with E-state index < -0.39 is 0 Å². The molecule has 3 atom stereocenters. The Labute approximate surface area is 105 Å². The lowest BCUT2D eigenvalue weighted by atomic mass is 9.89. The SMILES string of the molecule is CCC(C)C(O)C(C)C/C=C/c1ccccc1. The summed E-state index contributed by atoms with van der Waals surface area (Å²) in [6.45, 7) is 6.36. The molecule has 0 amide bonds. The van der Waals surface area contributed by atoms with Crippen LogP contribution in [0.25, 0.3) is 6.08 Å². The molecule has 0 spiro atoms. The molecule has 1 aromatic rings. The van der Waals surface area contributed by atoms with Crippen molar-refractivity contribution in [2.75, 3.05) is 0 Å². The number of allylic oxidation sites excluding steroid dienone is 1. The van der Waals surface area contributed by atoms with Crippen molar-refractivity contribution in [3.05, 3.63) is 42.0 Å². The zero-order valence-corrected chi connectivity index (χ0v) is 11.1. The molecule has 17 heavy (non-hydrogen) atoms. The zero-order chi connectivity index (χ0) is 12.7. The molecular formula is C16H24O. The maximum atomic E-state index is 10.0. The summed E-state index contributed by atoms with van der Waals surface area (Å²) in [4.78, 5) is 0. The fourth-order valence-electron chi connectivity index (χ4n) is 1.92. The highest BCUT2D eigenvalue weighted by atomic mass is 16.3. The summed E-state index contributed by atoms with van der Waals surface area (Å²) in [5, 5.41) is 10.0. The van der Waals surface area contributed by atoms with Gasteiger partial charge < -0.3 is 5.11 Å². The van der Waals surface area contributed by atoms with Gasteiger partial charge in [-0.15, -0.1) is 0 Å². The van der Waals surface area contributed by atoms with Crippen molar-refractivity contribution in [3.8, 4) is 0 Å². The average molecular weight is 232 g/mol. The highest BCUT2D eigenvalue weighted by Crippen LogP contribution is 2.19. The summed E-state index contributed by atoms with van der Waals surface area (Å²) in [5.74, 6) is 0.708. The van der Waals surface area contributed by atoms with Crippen molar-refractivity contribution >= 4 is 6.08 Å². The minimum atomic E-state index is -0.194. The summed E-state index contributed by atoms with van der Waals surface area (Å²) < 4.78 is 0. The second kappa shape index (κ2) is 7.29. The zero-order valence-electron chi connectivity index (χ0n) is 11.1. The van der Waals surface area contributed by atoms with Gasteiger partial charge in [-0.05, 0) is 23.8 Å². The largest absolute Gasteiger partial charge is 0.393 e. The molecule has 1 nitrogen and oxygen atoms in total. The first-order chi connectivity index (χ1) is 8.15. The summed E-state index contributed by atoms with van der Waals surface area (Å²) >= 11 is 0. The van der Waals surface area contributed by atoms with Gasteiger partial charge in [-0.3, -0.25) is 0 Å². The maximum absolute atomic E-state index is 10.0. The Kier molecular flexibility index (Phi) is 5.99. The molecule has 0 fully saturated rings. The van der Waals surface area contributed by atoms with Gasteiger partial charge in [0.2, 0.25) is 0 Å². The molecular weight excluding hydrogens is 208 g/mol. The van der Waals surface area contributed by atoms with E-state index in [2.05, 4.69) is 45.1 Å². The van der Waals surface area contributed by atoms with E-state index in [9.17, 15) is 5.11 Å². The van der Waals surface area contributed by atoms with Gasteiger partial charge in [-0.2, -0.15) is 0 Å². The molecule has 0 heterocycles. The third kappa shape index (κ3) is 4.74. The fraction of sp³-hybridized carbons (Fsp3) is 0.500. The van der Waals surface area contributed by atoms with Gasteiger partial charge in [0, 0.05) is 0 Å². The first-order valence-corrected chi connectivity index (χ1v) is 6.54. The van der Waals surface area contributed by atoms with Crippen LogP contribution >= 0.6 is 0 Å². The third-order valence-corrected chi connectivity index (χ3v) is 3.43. The minimum Gasteiger partial charge on any atom is -0.393 e. The summed E-state index contributed by atoms with van der Waals surface area (Å²) in [6.07, 6.45) is 6.06. The van der Waals surface area contributed by atoms with Gasteiger partial charge >= 0.3 is 0 Å². The Hall–Kier alpha value is -1.08. The van der Waals surface area contributed by atoms with Crippen LogP contribution in [0.3, 0.4) is 0 Å². The van der Waals surface area contributed by atoms with E-state index in [1.165, 1.54) is 5.56 Å². The van der Waals surface area contributed by atoms with Crippen LogP contribution in [0.1, 0.15) is 39.2 Å². The number of rotatable bonds is 6. The van der Waals surface area contributed by atoms with Crippen LogP contribution in [0, 0.1) is 11.8 Å². The van der Waals surface area contributed by atoms with Gasteiger partial charge in [0.15, 0.2) is 0 Å². The third-order valence-electron chi connectivity index (χ3n) is 3.43. The predicted molar refractivity (Wildman–Crippen MR) is 74.7 cm³/mol. The van der Waals surface area contributed by atoms with Crippen LogP contribution in [0.2, 0.25) is 0 Å². The number of aliphatic hydroxyl groups excluding tert-OH is 1. The molecule has 0 aromatic heterocycles. The van der Waals surface area contributed by atoms with Crippen LogP contribution in [-0.4, -0.2) is 11.2 Å². The van der Waals surface area contributed by atoms with E-state index in [-0.39, 0.29) is 6.10 Å². The van der Waals surface area contributed by atoms with Crippen molar-refractivity contribution < 1.29 is 5.11 Å². The van der Waals surface area contributed by atoms with Gasteiger partial charge in [-0.25, -0.2) is 0 Å². The second-order valence-corrected chi connectivity index (χ2v) is 4.90. The molecule has 0 saturated heterocycles. The lowest BCUT2D eigenvalue weighted by Crippen LogP contribution is -2.24. The summed E-state index contributed by atoms with van der Waals surface area (Å²) in [5.41, 5.74) is 1.22. The van der Waals surface area contributed by atoms with Gasteiger partial charge in [0.1, 0.15) is 0 Å². The quantitative estimate of drug-likeness (QED) is 0.781. The first kappa shape index (κ1) is 14.0.